The topological polar surface area (TPSA) is 74.8 Å². The molecule has 0 spiro atoms. The van der Waals surface area contributed by atoms with Crippen molar-refractivity contribution in [2.45, 2.75) is 38.3 Å². The van der Waals surface area contributed by atoms with Crippen molar-refractivity contribution in [2.75, 3.05) is 26.4 Å². The Balaban J connectivity index is 0.000000245. The van der Waals surface area contributed by atoms with Crippen LogP contribution in [-0.2, 0) is 14.2 Å². The number of rotatable bonds is 5. The largest absolute Gasteiger partial charge is 0.394 e. The van der Waals surface area contributed by atoms with Crippen molar-refractivity contribution in [3.05, 3.63) is 0 Å². The summed E-state index contributed by atoms with van der Waals surface area (Å²) in [6.07, 6.45) is 1.15. The Bertz CT molecular complexity index is 149. The van der Waals surface area contributed by atoms with Gasteiger partial charge in [0.15, 0.2) is 0 Å². The van der Waals surface area contributed by atoms with E-state index in [-0.39, 0.29) is 25.4 Å². The van der Waals surface area contributed by atoms with Crippen LogP contribution in [0, 0.1) is 0 Å². The fraction of sp³-hybridized carbons (Fsp3) is 1.00. The van der Waals surface area contributed by atoms with Crippen LogP contribution in [0.15, 0.2) is 0 Å². The zero-order valence-electron chi connectivity index (χ0n) is 9.26. The van der Waals surface area contributed by atoms with Crippen molar-refractivity contribution in [1.29, 1.82) is 0 Å². The highest BCUT2D eigenvalue weighted by molar-refractivity contribution is 4.81. The predicted molar refractivity (Wildman–Crippen MR) is 53.7 cm³/mol. The molecule has 0 saturated carbocycles. The quantitative estimate of drug-likeness (QED) is 0.614. The van der Waals surface area contributed by atoms with E-state index in [9.17, 15) is 0 Å². The highest BCUT2D eigenvalue weighted by Gasteiger charge is 2.36. The van der Waals surface area contributed by atoms with Crippen LogP contribution < -0.4 is 0 Å². The van der Waals surface area contributed by atoms with Crippen molar-refractivity contribution in [3.63, 3.8) is 0 Å². The number of hydrogen-bond acceptors (Lipinski definition) is 5. The number of epoxide rings is 2. The molecule has 90 valence electrons. The Kier molecular flexibility index (Phi) is 5.49. The lowest BCUT2D eigenvalue weighted by atomic mass is 10.2. The molecule has 2 rings (SSSR count). The number of hydrogen-bond donors (Lipinski definition) is 2. The summed E-state index contributed by atoms with van der Waals surface area (Å²) in [6.45, 7) is 5.58. The Morgan fingerprint density at radius 3 is 1.60 bits per heavy atom. The van der Waals surface area contributed by atoms with E-state index < -0.39 is 0 Å². The Morgan fingerprint density at radius 2 is 1.40 bits per heavy atom. The molecule has 0 radical (unpaired) electrons. The molecule has 2 saturated heterocycles. The number of aliphatic hydroxyl groups is 2. The van der Waals surface area contributed by atoms with Crippen molar-refractivity contribution in [1.82, 2.24) is 0 Å². The highest BCUT2D eigenvalue weighted by atomic mass is 16.6. The minimum absolute atomic E-state index is 0.125. The lowest BCUT2D eigenvalue weighted by molar-refractivity contribution is -0.0186. The van der Waals surface area contributed by atoms with Crippen LogP contribution in [0.1, 0.15) is 13.8 Å². The van der Waals surface area contributed by atoms with Crippen LogP contribution in [0.2, 0.25) is 0 Å². The Hall–Kier alpha value is -0.200. The van der Waals surface area contributed by atoms with Gasteiger partial charge in [-0.05, 0) is 13.8 Å². The maximum absolute atomic E-state index is 7.62. The third-order valence-corrected chi connectivity index (χ3v) is 2.29. The van der Waals surface area contributed by atoms with E-state index in [1.165, 1.54) is 0 Å². The van der Waals surface area contributed by atoms with E-state index in [4.69, 9.17) is 24.4 Å². The molecule has 0 aromatic rings. The summed E-state index contributed by atoms with van der Waals surface area (Å²) >= 11 is 0. The first kappa shape index (κ1) is 12.9. The monoisotopic (exact) mass is 220 g/mol. The van der Waals surface area contributed by atoms with Gasteiger partial charge in [0.05, 0.1) is 38.6 Å². The Labute approximate surface area is 89.9 Å². The minimum Gasteiger partial charge on any atom is -0.394 e. The summed E-state index contributed by atoms with van der Waals surface area (Å²) in [5, 5.41) is 15.2. The van der Waals surface area contributed by atoms with Gasteiger partial charge in [-0.3, -0.25) is 0 Å². The molecule has 0 amide bonds. The highest BCUT2D eigenvalue weighted by Crippen LogP contribution is 2.22. The van der Waals surface area contributed by atoms with E-state index in [1.54, 1.807) is 0 Å². The zero-order chi connectivity index (χ0) is 11.3. The molecule has 0 aliphatic carbocycles. The Morgan fingerprint density at radius 1 is 1.07 bits per heavy atom. The van der Waals surface area contributed by atoms with Crippen molar-refractivity contribution >= 4 is 0 Å². The second-order valence-corrected chi connectivity index (χ2v) is 3.74. The average Bonchev–Trinajstić information content (AvgIpc) is 3.09. The van der Waals surface area contributed by atoms with E-state index in [0.717, 1.165) is 13.2 Å². The molecule has 15 heavy (non-hydrogen) atoms. The van der Waals surface area contributed by atoms with Gasteiger partial charge >= 0.3 is 0 Å². The van der Waals surface area contributed by atoms with Gasteiger partial charge in [-0.15, -0.1) is 0 Å². The molecule has 0 aromatic carbocycles. The maximum atomic E-state index is 7.62. The van der Waals surface area contributed by atoms with Crippen LogP contribution in [0.25, 0.3) is 0 Å². The van der Waals surface area contributed by atoms with Gasteiger partial charge in [0.25, 0.3) is 0 Å². The molecule has 2 fully saturated rings. The van der Waals surface area contributed by atoms with Gasteiger partial charge in [0.1, 0.15) is 12.2 Å². The molecule has 4 atom stereocenters. The van der Waals surface area contributed by atoms with Crippen LogP contribution in [0.3, 0.4) is 0 Å². The molecule has 0 aromatic heterocycles. The van der Waals surface area contributed by atoms with Crippen LogP contribution >= 0.6 is 0 Å². The third-order valence-electron chi connectivity index (χ3n) is 2.29. The lowest BCUT2D eigenvalue weighted by Gasteiger charge is -2.15. The first-order chi connectivity index (χ1) is 7.19. The second-order valence-electron chi connectivity index (χ2n) is 3.74. The number of ether oxygens (including phenoxy) is 3. The fourth-order valence-electron chi connectivity index (χ4n) is 1.17. The van der Waals surface area contributed by atoms with Crippen molar-refractivity contribution in [2.24, 2.45) is 0 Å². The maximum Gasteiger partial charge on any atom is 0.107 e. The predicted octanol–water partition coefficient (Wildman–Crippen LogP) is -0.451. The molecule has 5 heteroatoms. The normalized spacial score (nSPS) is 31.2. The smallest absolute Gasteiger partial charge is 0.107 e. The van der Waals surface area contributed by atoms with Gasteiger partial charge in [-0.1, -0.05) is 0 Å². The standard InChI is InChI=1S/C8H14O3.C2H6O2/c1-5(7-3-9-7)11-6(2)8-4-10-8;3-1-2-4/h5-8H,3-4H2,1-2H3;3-4H,1-2H2. The van der Waals surface area contributed by atoms with Crippen molar-refractivity contribution < 1.29 is 24.4 Å². The van der Waals surface area contributed by atoms with Gasteiger partial charge in [0, 0.05) is 0 Å². The molecule has 4 unspecified atom stereocenters. The van der Waals surface area contributed by atoms with E-state index in [0.29, 0.717) is 12.2 Å². The second kappa shape index (κ2) is 6.40. The van der Waals surface area contributed by atoms with Crippen LogP contribution in [0.4, 0.5) is 0 Å². The van der Waals surface area contributed by atoms with Gasteiger partial charge < -0.3 is 24.4 Å². The molecule has 2 heterocycles. The summed E-state index contributed by atoms with van der Waals surface area (Å²) in [4.78, 5) is 0. The molecule has 2 N–H and O–H groups in total. The molecule has 0 bridgehead atoms. The summed E-state index contributed by atoms with van der Waals surface area (Å²) < 4.78 is 15.9. The zero-order valence-corrected chi connectivity index (χ0v) is 9.26. The van der Waals surface area contributed by atoms with Gasteiger partial charge in [0.2, 0.25) is 0 Å². The molecular formula is C10H20O5. The summed E-state index contributed by atoms with van der Waals surface area (Å²) in [5.74, 6) is 0. The minimum atomic E-state index is -0.125. The lowest BCUT2D eigenvalue weighted by Crippen LogP contribution is -2.25. The molecule has 2 aliphatic rings. The first-order valence-electron chi connectivity index (χ1n) is 5.29. The first-order valence-corrected chi connectivity index (χ1v) is 5.29. The average molecular weight is 220 g/mol. The third kappa shape index (κ3) is 5.44. The number of aliphatic hydroxyl groups excluding tert-OH is 2. The van der Waals surface area contributed by atoms with E-state index >= 15 is 0 Å². The SMILES string of the molecule is CC(OC(C)C1CO1)C1CO1.OCCO. The van der Waals surface area contributed by atoms with Crippen LogP contribution in [-0.4, -0.2) is 61.1 Å². The molecule has 5 nitrogen and oxygen atoms in total. The summed E-state index contributed by atoms with van der Waals surface area (Å²) in [5.41, 5.74) is 0. The van der Waals surface area contributed by atoms with Crippen LogP contribution in [0.5, 0.6) is 0 Å². The van der Waals surface area contributed by atoms with E-state index in [2.05, 4.69) is 13.8 Å². The summed E-state index contributed by atoms with van der Waals surface area (Å²) in [6, 6.07) is 0. The summed E-state index contributed by atoms with van der Waals surface area (Å²) in [7, 11) is 0. The molecular weight excluding hydrogens is 200 g/mol. The van der Waals surface area contributed by atoms with E-state index in [1.807, 2.05) is 0 Å². The fourth-order valence-corrected chi connectivity index (χ4v) is 1.17. The van der Waals surface area contributed by atoms with Gasteiger partial charge in [-0.25, -0.2) is 0 Å². The molecule has 2 aliphatic heterocycles. The van der Waals surface area contributed by atoms with Crippen molar-refractivity contribution in [3.8, 4) is 0 Å². The van der Waals surface area contributed by atoms with Gasteiger partial charge in [-0.2, -0.15) is 0 Å².